The van der Waals surface area contributed by atoms with Gasteiger partial charge in [0.1, 0.15) is 0 Å². The first-order chi connectivity index (χ1) is 13.4. The molecule has 1 aliphatic rings. The van der Waals surface area contributed by atoms with Crippen molar-refractivity contribution in [2.75, 3.05) is 13.6 Å². The highest BCUT2D eigenvalue weighted by molar-refractivity contribution is 8.03. The Hall–Kier alpha value is -1.19. The Bertz CT molecular complexity index is 644. The molecule has 156 valence electrons. The molecule has 1 unspecified atom stereocenters. The van der Waals surface area contributed by atoms with E-state index in [0.717, 1.165) is 31.0 Å². The largest absolute Gasteiger partial charge is 0.385 e. The topological polar surface area (TPSA) is 24.1 Å². The van der Waals surface area contributed by atoms with E-state index in [1.807, 2.05) is 18.8 Å². The summed E-state index contributed by atoms with van der Waals surface area (Å²) in [6.45, 7) is 16.3. The lowest BCUT2D eigenvalue weighted by atomic mass is 9.83. The fourth-order valence-electron chi connectivity index (χ4n) is 4.01. The summed E-state index contributed by atoms with van der Waals surface area (Å²) in [6.07, 6.45) is 8.78. The van der Waals surface area contributed by atoms with Gasteiger partial charge in [0.05, 0.1) is 0 Å². The van der Waals surface area contributed by atoms with Gasteiger partial charge in [0.25, 0.3) is 0 Å². The number of hydrogen-bond donors (Lipinski definition) is 2. The molecule has 1 atom stereocenters. The second-order valence-electron chi connectivity index (χ2n) is 8.63. The number of nitrogens with one attached hydrogen (secondary N) is 2. The number of hydrogen-bond acceptors (Lipinski definition) is 3. The summed E-state index contributed by atoms with van der Waals surface area (Å²) in [7, 11) is 2.05. The molecule has 0 spiro atoms. The normalized spacial score (nSPS) is 16.2. The molecule has 2 nitrogen and oxygen atoms in total. The molecule has 0 bridgehead atoms. The molecule has 1 fully saturated rings. The van der Waals surface area contributed by atoms with E-state index in [4.69, 9.17) is 0 Å². The minimum absolute atomic E-state index is 0.503. The summed E-state index contributed by atoms with van der Waals surface area (Å²) in [6, 6.07) is 7.31. The van der Waals surface area contributed by atoms with Gasteiger partial charge in [0.15, 0.2) is 0 Å². The standard InChI is InChI=1S/C25H40N2S/c1-18(2)23-15-12-19(3)25(16-23)28-21(5)14-13-20(4)27-24(17-26-6)22-10-8-7-9-11-22/h12,15-16,18,22,24,26-27H,4-5,7-11,13-14,17H2,1-3,6H3. The highest BCUT2D eigenvalue weighted by atomic mass is 32.2. The fraction of sp³-hybridized carbons (Fsp3) is 0.600. The van der Waals surface area contributed by atoms with Crippen LogP contribution in [0.4, 0.5) is 0 Å². The molecule has 28 heavy (non-hydrogen) atoms. The molecule has 3 heteroatoms. The van der Waals surface area contributed by atoms with Gasteiger partial charge in [-0.05, 0) is 73.6 Å². The van der Waals surface area contributed by atoms with Gasteiger partial charge in [-0.3, -0.25) is 0 Å². The predicted octanol–water partition coefficient (Wildman–Crippen LogP) is 6.78. The van der Waals surface area contributed by atoms with Crippen LogP contribution in [0.3, 0.4) is 0 Å². The Kier molecular flexibility index (Phi) is 9.67. The van der Waals surface area contributed by atoms with Crippen LogP contribution in [0.1, 0.15) is 75.8 Å². The van der Waals surface area contributed by atoms with E-state index in [2.05, 4.69) is 62.8 Å². The first kappa shape index (κ1) is 23.1. The predicted molar refractivity (Wildman–Crippen MR) is 126 cm³/mol. The average Bonchev–Trinajstić information content (AvgIpc) is 2.68. The highest BCUT2D eigenvalue weighted by Gasteiger charge is 2.23. The third-order valence-corrected chi connectivity index (χ3v) is 7.02. The van der Waals surface area contributed by atoms with Crippen LogP contribution < -0.4 is 10.6 Å². The smallest absolute Gasteiger partial charge is 0.0410 e. The summed E-state index contributed by atoms with van der Waals surface area (Å²) in [5.74, 6) is 1.33. The average molecular weight is 401 g/mol. The first-order valence-electron chi connectivity index (χ1n) is 11.0. The maximum Gasteiger partial charge on any atom is 0.0410 e. The summed E-state index contributed by atoms with van der Waals surface area (Å²) >= 11 is 1.83. The Morgan fingerprint density at radius 1 is 1.14 bits per heavy atom. The van der Waals surface area contributed by atoms with Gasteiger partial charge in [0, 0.05) is 23.2 Å². The molecule has 1 aromatic rings. The van der Waals surface area contributed by atoms with E-state index < -0.39 is 0 Å². The van der Waals surface area contributed by atoms with Crippen LogP contribution in [0, 0.1) is 12.8 Å². The maximum atomic E-state index is 4.32. The first-order valence-corrected chi connectivity index (χ1v) is 11.8. The fourth-order valence-corrected chi connectivity index (χ4v) is 4.95. The minimum atomic E-state index is 0.503. The van der Waals surface area contributed by atoms with Gasteiger partial charge in [-0.25, -0.2) is 0 Å². The Morgan fingerprint density at radius 3 is 2.50 bits per heavy atom. The quantitative estimate of drug-likeness (QED) is 0.400. The van der Waals surface area contributed by atoms with Crippen LogP contribution in [-0.2, 0) is 0 Å². The zero-order valence-electron chi connectivity index (χ0n) is 18.4. The Labute approximate surface area is 177 Å². The number of benzene rings is 1. The second kappa shape index (κ2) is 11.7. The van der Waals surface area contributed by atoms with Crippen LogP contribution >= 0.6 is 11.8 Å². The van der Waals surface area contributed by atoms with E-state index in [0.29, 0.717) is 12.0 Å². The van der Waals surface area contributed by atoms with Crippen molar-refractivity contribution in [2.45, 2.75) is 82.6 Å². The lowest BCUT2D eigenvalue weighted by Gasteiger charge is -2.32. The van der Waals surface area contributed by atoms with Crippen LogP contribution in [0.5, 0.6) is 0 Å². The molecular formula is C25H40N2S. The van der Waals surface area contributed by atoms with Crippen LogP contribution in [0.2, 0.25) is 0 Å². The second-order valence-corrected chi connectivity index (χ2v) is 9.85. The summed E-state index contributed by atoms with van der Waals surface area (Å²) in [4.78, 5) is 2.56. The molecule has 2 N–H and O–H groups in total. The SMILES string of the molecule is C=C(CCC(=C)Sc1cc(C(C)C)ccc1C)NC(CNC)C1CCCCC1. The van der Waals surface area contributed by atoms with E-state index >= 15 is 0 Å². The molecule has 1 saturated carbocycles. The molecule has 1 aromatic carbocycles. The molecule has 0 radical (unpaired) electrons. The zero-order valence-corrected chi connectivity index (χ0v) is 19.3. The number of likely N-dealkylation sites (N-methyl/N-ethyl adjacent to an activating group) is 1. The number of allylic oxidation sites excluding steroid dienone is 2. The van der Waals surface area contributed by atoms with Crippen molar-refractivity contribution in [1.29, 1.82) is 0 Å². The molecule has 0 aromatic heterocycles. The van der Waals surface area contributed by atoms with E-state index in [-0.39, 0.29) is 0 Å². The van der Waals surface area contributed by atoms with E-state index in [1.54, 1.807) is 0 Å². The van der Waals surface area contributed by atoms with Gasteiger partial charge < -0.3 is 10.6 Å². The number of aryl methyl sites for hydroxylation is 1. The van der Waals surface area contributed by atoms with Gasteiger partial charge in [-0.1, -0.05) is 70.2 Å². The lowest BCUT2D eigenvalue weighted by molar-refractivity contribution is 0.275. The summed E-state index contributed by atoms with van der Waals surface area (Å²) < 4.78 is 0. The van der Waals surface area contributed by atoms with Gasteiger partial charge in [-0.15, -0.1) is 0 Å². The number of rotatable bonds is 11. The van der Waals surface area contributed by atoms with Crippen molar-refractivity contribution in [1.82, 2.24) is 10.6 Å². The van der Waals surface area contributed by atoms with Crippen molar-refractivity contribution in [2.24, 2.45) is 5.92 Å². The van der Waals surface area contributed by atoms with E-state index in [9.17, 15) is 0 Å². The summed E-state index contributed by atoms with van der Waals surface area (Å²) in [5.41, 5.74) is 3.88. The number of thioether (sulfide) groups is 1. The van der Waals surface area contributed by atoms with Crippen molar-refractivity contribution in [3.8, 4) is 0 Å². The van der Waals surface area contributed by atoms with Crippen molar-refractivity contribution in [3.05, 3.63) is 53.1 Å². The molecule has 1 aliphatic carbocycles. The monoisotopic (exact) mass is 400 g/mol. The van der Waals surface area contributed by atoms with E-state index in [1.165, 1.54) is 53.0 Å². The molecule has 0 saturated heterocycles. The van der Waals surface area contributed by atoms with Gasteiger partial charge in [0.2, 0.25) is 0 Å². The minimum Gasteiger partial charge on any atom is -0.385 e. The van der Waals surface area contributed by atoms with Crippen LogP contribution in [0.25, 0.3) is 0 Å². The van der Waals surface area contributed by atoms with Gasteiger partial charge >= 0.3 is 0 Å². The Balaban J connectivity index is 1.84. The third-order valence-electron chi connectivity index (χ3n) is 5.87. The summed E-state index contributed by atoms with van der Waals surface area (Å²) in [5, 5.41) is 7.10. The molecule has 0 aliphatic heterocycles. The van der Waals surface area contributed by atoms with Crippen molar-refractivity contribution < 1.29 is 0 Å². The van der Waals surface area contributed by atoms with Crippen LogP contribution in [0.15, 0.2) is 46.9 Å². The van der Waals surface area contributed by atoms with Gasteiger partial charge in [-0.2, -0.15) is 0 Å². The van der Waals surface area contributed by atoms with Crippen molar-refractivity contribution >= 4 is 11.8 Å². The highest BCUT2D eigenvalue weighted by Crippen LogP contribution is 2.34. The third kappa shape index (κ3) is 7.33. The maximum absolute atomic E-state index is 4.32. The lowest BCUT2D eigenvalue weighted by Crippen LogP contribution is -2.43. The van der Waals surface area contributed by atoms with Crippen molar-refractivity contribution in [3.63, 3.8) is 0 Å². The molecule has 2 rings (SSSR count). The molecular weight excluding hydrogens is 360 g/mol. The molecule has 0 amide bonds. The zero-order chi connectivity index (χ0) is 20.5. The Morgan fingerprint density at radius 2 is 1.86 bits per heavy atom. The van der Waals surface area contributed by atoms with Crippen LogP contribution in [-0.4, -0.2) is 19.6 Å². The molecule has 0 heterocycles.